The minimum atomic E-state index is -0.343. The van der Waals surface area contributed by atoms with Crippen LogP contribution in [-0.4, -0.2) is 22.7 Å². The molecule has 0 aliphatic heterocycles. The van der Waals surface area contributed by atoms with Crippen molar-refractivity contribution in [1.82, 2.24) is 0 Å². The molecule has 0 bridgehead atoms. The average Bonchev–Trinajstić information content (AvgIpc) is 2.47. The van der Waals surface area contributed by atoms with Crippen LogP contribution in [0.2, 0.25) is 5.02 Å². The predicted molar refractivity (Wildman–Crippen MR) is 81.5 cm³/mol. The zero-order valence-corrected chi connectivity index (χ0v) is 11.7. The number of nitrogens with one attached hydrogen (secondary N) is 1. The summed E-state index contributed by atoms with van der Waals surface area (Å²) in [6.45, 7) is -0.270. The maximum Gasteiger partial charge on any atom is 0.255 e. The van der Waals surface area contributed by atoms with Crippen LogP contribution in [0.4, 0.5) is 5.69 Å². The number of hydrogen-bond acceptors (Lipinski definition) is 3. The van der Waals surface area contributed by atoms with Crippen LogP contribution >= 0.6 is 11.6 Å². The molecule has 0 fully saturated rings. The number of phenols is 1. The van der Waals surface area contributed by atoms with E-state index in [0.717, 1.165) is 0 Å². The third-order valence-electron chi connectivity index (χ3n) is 2.66. The molecule has 106 valence electrons. The maximum absolute atomic E-state index is 12.1. The summed E-state index contributed by atoms with van der Waals surface area (Å²) in [6.07, 6.45) is 0. The van der Waals surface area contributed by atoms with Gasteiger partial charge in [-0.05, 0) is 42.5 Å². The minimum Gasteiger partial charge on any atom is -0.508 e. The zero-order chi connectivity index (χ0) is 15.2. The zero-order valence-electron chi connectivity index (χ0n) is 10.9. The standard InChI is InChI=1S/C16H12ClNO3/c17-13-6-3-11(2-1-9-19)15(10-13)18-16(21)12-4-7-14(20)8-5-12/h3-8,10,19-20H,9H2,(H,18,21). The summed E-state index contributed by atoms with van der Waals surface area (Å²) < 4.78 is 0. The van der Waals surface area contributed by atoms with Gasteiger partial charge in [0.15, 0.2) is 0 Å². The molecule has 2 aromatic rings. The summed E-state index contributed by atoms with van der Waals surface area (Å²) in [4.78, 5) is 12.1. The van der Waals surface area contributed by atoms with Crippen molar-refractivity contribution in [3.63, 3.8) is 0 Å². The molecule has 4 nitrogen and oxygen atoms in total. The fraction of sp³-hybridized carbons (Fsp3) is 0.0625. The van der Waals surface area contributed by atoms with Gasteiger partial charge in [-0.25, -0.2) is 0 Å². The van der Waals surface area contributed by atoms with Gasteiger partial charge >= 0.3 is 0 Å². The van der Waals surface area contributed by atoms with Crippen molar-refractivity contribution in [2.24, 2.45) is 0 Å². The molecule has 1 amide bonds. The van der Waals surface area contributed by atoms with Gasteiger partial charge in [-0.15, -0.1) is 0 Å². The molecule has 0 heterocycles. The van der Waals surface area contributed by atoms with Crippen molar-refractivity contribution in [1.29, 1.82) is 0 Å². The van der Waals surface area contributed by atoms with E-state index in [-0.39, 0.29) is 18.3 Å². The third-order valence-corrected chi connectivity index (χ3v) is 2.90. The quantitative estimate of drug-likeness (QED) is 0.747. The van der Waals surface area contributed by atoms with E-state index in [0.29, 0.717) is 21.8 Å². The first-order chi connectivity index (χ1) is 10.1. The van der Waals surface area contributed by atoms with Crippen LogP contribution in [0.1, 0.15) is 15.9 Å². The van der Waals surface area contributed by atoms with Crippen LogP contribution in [-0.2, 0) is 0 Å². The first kappa shape index (κ1) is 14.9. The molecule has 0 saturated heterocycles. The molecule has 3 N–H and O–H groups in total. The first-order valence-electron chi connectivity index (χ1n) is 6.10. The molecule has 2 aromatic carbocycles. The van der Waals surface area contributed by atoms with Crippen molar-refractivity contribution in [3.05, 3.63) is 58.6 Å². The van der Waals surface area contributed by atoms with Crippen LogP contribution in [0.15, 0.2) is 42.5 Å². The van der Waals surface area contributed by atoms with E-state index in [1.807, 2.05) is 0 Å². The lowest BCUT2D eigenvalue weighted by Gasteiger charge is -2.08. The second kappa shape index (κ2) is 6.80. The molecule has 0 atom stereocenters. The normalized spacial score (nSPS) is 9.62. The van der Waals surface area contributed by atoms with Gasteiger partial charge in [-0.2, -0.15) is 0 Å². The SMILES string of the molecule is O=C(Nc1cc(Cl)ccc1C#CCO)c1ccc(O)cc1. The lowest BCUT2D eigenvalue weighted by atomic mass is 10.1. The minimum absolute atomic E-state index is 0.0869. The summed E-state index contributed by atoms with van der Waals surface area (Å²) in [5.41, 5.74) is 1.41. The number of aliphatic hydroxyl groups is 1. The highest BCUT2D eigenvalue weighted by atomic mass is 35.5. The Kier molecular flexibility index (Phi) is 4.83. The number of amides is 1. The Bertz CT molecular complexity index is 715. The number of rotatable bonds is 2. The fourth-order valence-corrected chi connectivity index (χ4v) is 1.84. The number of anilines is 1. The molecular weight excluding hydrogens is 290 g/mol. The van der Waals surface area contributed by atoms with Gasteiger partial charge in [0.05, 0.1) is 5.69 Å². The van der Waals surface area contributed by atoms with E-state index in [2.05, 4.69) is 17.2 Å². The van der Waals surface area contributed by atoms with Gasteiger partial charge in [-0.1, -0.05) is 23.4 Å². The first-order valence-corrected chi connectivity index (χ1v) is 6.47. The molecule has 2 rings (SSSR count). The lowest BCUT2D eigenvalue weighted by Crippen LogP contribution is -2.12. The average molecular weight is 302 g/mol. The monoisotopic (exact) mass is 301 g/mol. The highest BCUT2D eigenvalue weighted by Gasteiger charge is 2.09. The van der Waals surface area contributed by atoms with Crippen LogP contribution in [0.3, 0.4) is 0 Å². The van der Waals surface area contributed by atoms with Gasteiger partial charge in [0.2, 0.25) is 0 Å². The number of phenolic OH excluding ortho intramolecular Hbond substituents is 1. The van der Waals surface area contributed by atoms with E-state index < -0.39 is 0 Å². The van der Waals surface area contributed by atoms with E-state index in [9.17, 15) is 9.90 Å². The smallest absolute Gasteiger partial charge is 0.255 e. The van der Waals surface area contributed by atoms with Gasteiger partial charge in [0, 0.05) is 16.1 Å². The molecule has 0 radical (unpaired) electrons. The van der Waals surface area contributed by atoms with Crippen LogP contribution in [0.25, 0.3) is 0 Å². The molecule has 0 aromatic heterocycles. The number of hydrogen-bond donors (Lipinski definition) is 3. The topological polar surface area (TPSA) is 69.6 Å². The van der Waals surface area contributed by atoms with Crippen molar-refractivity contribution >= 4 is 23.2 Å². The van der Waals surface area contributed by atoms with Crippen molar-refractivity contribution in [3.8, 4) is 17.6 Å². The predicted octanol–water partition coefficient (Wildman–Crippen LogP) is 2.64. The Morgan fingerprint density at radius 1 is 1.19 bits per heavy atom. The van der Waals surface area contributed by atoms with Crippen molar-refractivity contribution in [2.45, 2.75) is 0 Å². The van der Waals surface area contributed by atoms with E-state index >= 15 is 0 Å². The highest BCUT2D eigenvalue weighted by Crippen LogP contribution is 2.21. The molecule has 0 spiro atoms. The van der Waals surface area contributed by atoms with Crippen LogP contribution in [0.5, 0.6) is 5.75 Å². The number of carbonyl (C=O) groups is 1. The van der Waals surface area contributed by atoms with E-state index in [1.54, 1.807) is 18.2 Å². The Morgan fingerprint density at radius 3 is 2.57 bits per heavy atom. The molecule has 0 saturated carbocycles. The van der Waals surface area contributed by atoms with Crippen molar-refractivity contribution in [2.75, 3.05) is 11.9 Å². The second-order valence-electron chi connectivity index (χ2n) is 4.15. The van der Waals surface area contributed by atoms with Gasteiger partial charge in [-0.3, -0.25) is 4.79 Å². The van der Waals surface area contributed by atoms with Gasteiger partial charge in [0.1, 0.15) is 12.4 Å². The summed E-state index contributed by atoms with van der Waals surface area (Å²) in [5, 5.41) is 21.1. The Balaban J connectivity index is 2.27. The van der Waals surface area contributed by atoms with Gasteiger partial charge < -0.3 is 15.5 Å². The fourth-order valence-electron chi connectivity index (χ4n) is 1.67. The molecular formula is C16H12ClNO3. The number of carbonyl (C=O) groups excluding carboxylic acids is 1. The lowest BCUT2D eigenvalue weighted by molar-refractivity contribution is 0.102. The maximum atomic E-state index is 12.1. The Morgan fingerprint density at radius 2 is 1.90 bits per heavy atom. The largest absolute Gasteiger partial charge is 0.508 e. The van der Waals surface area contributed by atoms with E-state index in [4.69, 9.17) is 16.7 Å². The molecule has 0 aliphatic carbocycles. The van der Waals surface area contributed by atoms with Gasteiger partial charge in [0.25, 0.3) is 5.91 Å². The molecule has 21 heavy (non-hydrogen) atoms. The number of aliphatic hydroxyl groups excluding tert-OH is 1. The number of halogens is 1. The third kappa shape index (κ3) is 3.99. The summed E-state index contributed by atoms with van der Waals surface area (Å²) in [7, 11) is 0. The number of aromatic hydroxyl groups is 1. The molecule has 0 unspecified atom stereocenters. The summed E-state index contributed by atoms with van der Waals surface area (Å²) in [6, 6.07) is 10.8. The molecule has 0 aliphatic rings. The Hall–Kier alpha value is -2.48. The highest BCUT2D eigenvalue weighted by molar-refractivity contribution is 6.31. The van der Waals surface area contributed by atoms with E-state index in [1.165, 1.54) is 24.3 Å². The summed E-state index contributed by atoms with van der Waals surface area (Å²) in [5.74, 6) is 5.01. The second-order valence-corrected chi connectivity index (χ2v) is 4.59. The molecule has 5 heteroatoms. The number of benzene rings is 2. The summed E-state index contributed by atoms with van der Waals surface area (Å²) >= 11 is 5.92. The van der Waals surface area contributed by atoms with Crippen LogP contribution in [0, 0.1) is 11.8 Å². The van der Waals surface area contributed by atoms with Crippen LogP contribution < -0.4 is 5.32 Å². The Labute approximate surface area is 127 Å². The van der Waals surface area contributed by atoms with Crippen molar-refractivity contribution < 1.29 is 15.0 Å².